The SMILES string of the molecule is N#Cc1c(CCCNC(=O)c2ccccc2SCC2CCCO2)nn(-c2ccc(F)cc2)c1N. The summed E-state index contributed by atoms with van der Waals surface area (Å²) in [7, 11) is 0. The van der Waals surface area contributed by atoms with Gasteiger partial charge < -0.3 is 15.8 Å². The number of nitrogens with two attached hydrogens (primary N) is 1. The van der Waals surface area contributed by atoms with Crippen molar-refractivity contribution in [1.82, 2.24) is 15.1 Å². The number of aryl methyl sites for hydroxylation is 1. The fourth-order valence-corrected chi connectivity index (χ4v) is 4.97. The number of amides is 1. The highest BCUT2D eigenvalue weighted by Crippen LogP contribution is 2.27. The number of anilines is 1. The minimum absolute atomic E-state index is 0.132. The standard InChI is InChI=1S/C25H26FN5O2S/c26-17-9-11-18(12-10-17)31-24(28)21(15-27)22(30-31)7-3-13-29-25(32)20-6-1-2-8-23(20)34-16-19-5-4-14-33-19/h1-2,6,8-12,19H,3-5,7,13-14,16,28H2,(H,29,32). The van der Waals surface area contributed by atoms with E-state index >= 15 is 0 Å². The molecule has 1 fully saturated rings. The summed E-state index contributed by atoms with van der Waals surface area (Å²) < 4.78 is 20.4. The van der Waals surface area contributed by atoms with E-state index in [1.165, 1.54) is 16.8 Å². The van der Waals surface area contributed by atoms with Crippen molar-refractivity contribution in [3.8, 4) is 11.8 Å². The highest BCUT2D eigenvalue weighted by atomic mass is 32.2. The summed E-state index contributed by atoms with van der Waals surface area (Å²) in [6.45, 7) is 1.24. The Labute approximate surface area is 202 Å². The number of aromatic nitrogens is 2. The molecule has 0 saturated carbocycles. The molecule has 9 heteroatoms. The van der Waals surface area contributed by atoms with Gasteiger partial charge in [-0.15, -0.1) is 11.8 Å². The van der Waals surface area contributed by atoms with Gasteiger partial charge in [0.1, 0.15) is 23.3 Å². The van der Waals surface area contributed by atoms with Gasteiger partial charge in [-0.1, -0.05) is 12.1 Å². The van der Waals surface area contributed by atoms with Crippen LogP contribution in [0.25, 0.3) is 5.69 Å². The van der Waals surface area contributed by atoms with Crippen LogP contribution in [0.3, 0.4) is 0 Å². The Morgan fingerprint density at radius 3 is 2.82 bits per heavy atom. The molecule has 4 rings (SSSR count). The minimum atomic E-state index is -0.363. The van der Waals surface area contributed by atoms with E-state index in [0.29, 0.717) is 41.9 Å². The summed E-state index contributed by atoms with van der Waals surface area (Å²) in [6, 6.07) is 15.4. The Kier molecular flexibility index (Phi) is 7.83. The number of nitrogens with one attached hydrogen (secondary N) is 1. The third kappa shape index (κ3) is 5.58. The summed E-state index contributed by atoms with van der Waals surface area (Å²) in [5.41, 5.74) is 8.17. The Hall–Kier alpha value is -3.35. The minimum Gasteiger partial charge on any atom is -0.382 e. The van der Waals surface area contributed by atoms with Gasteiger partial charge in [0, 0.05) is 23.8 Å². The zero-order valence-electron chi connectivity index (χ0n) is 18.7. The largest absolute Gasteiger partial charge is 0.382 e. The van der Waals surface area contributed by atoms with Crippen LogP contribution in [0, 0.1) is 17.1 Å². The van der Waals surface area contributed by atoms with Gasteiger partial charge in [-0.05, 0) is 62.1 Å². The first kappa shape index (κ1) is 23.8. The average Bonchev–Trinajstić information content (AvgIpc) is 3.48. The fraction of sp³-hybridized carbons (Fsp3) is 0.320. The summed E-state index contributed by atoms with van der Waals surface area (Å²) in [4.78, 5) is 13.7. The van der Waals surface area contributed by atoms with Gasteiger partial charge in [-0.25, -0.2) is 9.07 Å². The lowest BCUT2D eigenvalue weighted by atomic mass is 10.1. The van der Waals surface area contributed by atoms with E-state index in [9.17, 15) is 14.4 Å². The molecule has 3 aromatic rings. The number of nitrogens with zero attached hydrogens (tertiary/aromatic N) is 3. The molecule has 176 valence electrons. The van der Waals surface area contributed by atoms with Crippen LogP contribution < -0.4 is 11.1 Å². The van der Waals surface area contributed by atoms with E-state index in [1.54, 1.807) is 23.9 Å². The van der Waals surface area contributed by atoms with Gasteiger partial charge in [-0.3, -0.25) is 4.79 Å². The Balaban J connectivity index is 1.34. The molecule has 2 heterocycles. The van der Waals surface area contributed by atoms with Gasteiger partial charge in [0.15, 0.2) is 0 Å². The number of ether oxygens (including phenoxy) is 1. The second kappa shape index (κ2) is 11.2. The lowest BCUT2D eigenvalue weighted by Crippen LogP contribution is -2.25. The number of halogens is 1. The quantitative estimate of drug-likeness (QED) is 0.354. The normalized spacial score (nSPS) is 15.2. The molecule has 1 unspecified atom stereocenters. The van der Waals surface area contributed by atoms with Crippen molar-refractivity contribution in [2.24, 2.45) is 0 Å². The van der Waals surface area contributed by atoms with Crippen molar-refractivity contribution < 1.29 is 13.9 Å². The zero-order valence-corrected chi connectivity index (χ0v) is 19.5. The van der Waals surface area contributed by atoms with E-state index < -0.39 is 0 Å². The maximum absolute atomic E-state index is 13.2. The lowest BCUT2D eigenvalue weighted by Gasteiger charge is -2.12. The molecule has 1 aliphatic rings. The van der Waals surface area contributed by atoms with E-state index in [2.05, 4.69) is 16.5 Å². The van der Waals surface area contributed by atoms with Gasteiger partial charge in [0.25, 0.3) is 5.91 Å². The number of nitrogen functional groups attached to an aromatic ring is 1. The van der Waals surface area contributed by atoms with Crippen molar-refractivity contribution >= 4 is 23.5 Å². The summed E-state index contributed by atoms with van der Waals surface area (Å²) in [5.74, 6) is 0.551. The van der Waals surface area contributed by atoms with Crippen molar-refractivity contribution in [2.45, 2.75) is 36.7 Å². The maximum Gasteiger partial charge on any atom is 0.252 e. The Morgan fingerprint density at radius 1 is 1.29 bits per heavy atom. The topological polar surface area (TPSA) is 106 Å². The van der Waals surface area contributed by atoms with Crippen LogP contribution in [0.5, 0.6) is 0 Å². The summed E-state index contributed by atoms with van der Waals surface area (Å²) >= 11 is 1.64. The number of nitriles is 1. The number of hydrogen-bond donors (Lipinski definition) is 2. The van der Waals surface area contributed by atoms with Crippen LogP contribution in [0.1, 0.15) is 40.9 Å². The molecule has 0 spiro atoms. The van der Waals surface area contributed by atoms with E-state index in [4.69, 9.17) is 10.5 Å². The molecule has 3 N–H and O–H groups in total. The Bertz CT molecular complexity index is 1180. The third-order valence-electron chi connectivity index (χ3n) is 5.63. The van der Waals surface area contributed by atoms with Crippen molar-refractivity contribution in [1.29, 1.82) is 5.26 Å². The smallest absolute Gasteiger partial charge is 0.252 e. The first-order chi connectivity index (χ1) is 16.6. The molecule has 1 amide bonds. The maximum atomic E-state index is 13.2. The van der Waals surface area contributed by atoms with Crippen molar-refractivity contribution in [3.63, 3.8) is 0 Å². The molecular weight excluding hydrogens is 453 g/mol. The average molecular weight is 480 g/mol. The van der Waals surface area contributed by atoms with Crippen LogP contribution in [-0.4, -0.2) is 40.7 Å². The fourth-order valence-electron chi connectivity index (χ4n) is 3.85. The summed E-state index contributed by atoms with van der Waals surface area (Å²) in [6.07, 6.45) is 3.46. The van der Waals surface area contributed by atoms with E-state index in [1.807, 2.05) is 24.3 Å². The van der Waals surface area contributed by atoms with Crippen LogP contribution in [-0.2, 0) is 11.2 Å². The van der Waals surface area contributed by atoms with Crippen LogP contribution >= 0.6 is 11.8 Å². The lowest BCUT2D eigenvalue weighted by molar-refractivity contribution is 0.0950. The van der Waals surface area contributed by atoms with Crippen molar-refractivity contribution in [3.05, 3.63) is 71.2 Å². The highest BCUT2D eigenvalue weighted by molar-refractivity contribution is 7.99. The molecule has 1 aromatic heterocycles. The molecule has 0 radical (unpaired) electrons. The van der Waals surface area contributed by atoms with Crippen LogP contribution in [0.4, 0.5) is 10.2 Å². The molecule has 1 atom stereocenters. The monoisotopic (exact) mass is 479 g/mol. The van der Waals surface area contributed by atoms with E-state index in [-0.39, 0.29) is 23.6 Å². The molecular formula is C25H26FN5O2S. The molecule has 1 aliphatic heterocycles. The van der Waals surface area contributed by atoms with E-state index in [0.717, 1.165) is 30.1 Å². The number of carbonyl (C=O) groups is 1. The molecule has 7 nitrogen and oxygen atoms in total. The molecule has 0 aliphatic carbocycles. The van der Waals surface area contributed by atoms with Gasteiger partial charge in [0.2, 0.25) is 0 Å². The summed E-state index contributed by atoms with van der Waals surface area (Å²) in [5, 5.41) is 16.9. The first-order valence-electron chi connectivity index (χ1n) is 11.2. The Morgan fingerprint density at radius 2 is 2.09 bits per heavy atom. The van der Waals surface area contributed by atoms with Gasteiger partial charge in [0.05, 0.1) is 23.0 Å². The second-order valence-corrected chi connectivity index (χ2v) is 9.07. The molecule has 2 aromatic carbocycles. The van der Waals surface area contributed by atoms with Crippen molar-refractivity contribution in [2.75, 3.05) is 24.6 Å². The van der Waals surface area contributed by atoms with Gasteiger partial charge in [-0.2, -0.15) is 10.4 Å². The number of hydrogen-bond acceptors (Lipinski definition) is 6. The number of rotatable bonds is 9. The van der Waals surface area contributed by atoms with Crippen LogP contribution in [0.2, 0.25) is 0 Å². The molecule has 0 bridgehead atoms. The first-order valence-corrected chi connectivity index (χ1v) is 12.2. The predicted octanol–water partition coefficient (Wildman–Crippen LogP) is 4.10. The molecule has 34 heavy (non-hydrogen) atoms. The van der Waals surface area contributed by atoms with Gasteiger partial charge >= 0.3 is 0 Å². The highest BCUT2D eigenvalue weighted by Gasteiger charge is 2.19. The number of benzene rings is 2. The second-order valence-electron chi connectivity index (χ2n) is 8.01. The molecule has 1 saturated heterocycles. The van der Waals surface area contributed by atoms with Crippen LogP contribution in [0.15, 0.2) is 53.4 Å². The number of carbonyl (C=O) groups excluding carboxylic acids is 1. The third-order valence-corrected chi connectivity index (χ3v) is 6.84. The predicted molar refractivity (Wildman–Crippen MR) is 129 cm³/mol. The zero-order chi connectivity index (χ0) is 23.9. The number of thioether (sulfide) groups is 1.